The van der Waals surface area contributed by atoms with Gasteiger partial charge in [0.05, 0.1) is 35.1 Å². The van der Waals surface area contributed by atoms with E-state index in [1.54, 1.807) is 23.1 Å². The lowest BCUT2D eigenvalue weighted by Gasteiger charge is -2.37. The van der Waals surface area contributed by atoms with Crippen LogP contribution < -0.4 is 10.7 Å². The maximum atomic E-state index is 14.9. The summed E-state index contributed by atoms with van der Waals surface area (Å²) in [5, 5.41) is 5.66. The number of likely N-dealkylation sites (tertiary alicyclic amines) is 2. The molecule has 2 aromatic carbocycles. The highest BCUT2D eigenvalue weighted by molar-refractivity contribution is 7.60. The highest BCUT2D eigenvalue weighted by Crippen LogP contribution is 2.44. The predicted octanol–water partition coefficient (Wildman–Crippen LogP) is 7.13. The van der Waals surface area contributed by atoms with Crippen LogP contribution in [0.3, 0.4) is 0 Å². The van der Waals surface area contributed by atoms with Gasteiger partial charge in [0.1, 0.15) is 18.1 Å². The van der Waals surface area contributed by atoms with Crippen LogP contribution in [0, 0.1) is 28.6 Å². The van der Waals surface area contributed by atoms with Crippen molar-refractivity contribution in [2.45, 2.75) is 130 Å². The van der Waals surface area contributed by atoms with Crippen molar-refractivity contribution in [1.82, 2.24) is 40.0 Å². The smallest absolute Gasteiger partial charge is 0.324 e. The van der Waals surface area contributed by atoms with Gasteiger partial charge in [0.15, 0.2) is 0 Å². The molecule has 0 aliphatic carbocycles. The van der Waals surface area contributed by atoms with Gasteiger partial charge in [0, 0.05) is 74.3 Å². The van der Waals surface area contributed by atoms with Crippen LogP contribution in [-0.2, 0) is 52.8 Å². The predicted molar refractivity (Wildman–Crippen MR) is 330 cm³/mol. The average Bonchev–Trinajstić information content (AvgIpc) is 4.03. The Kier molecular flexibility index (Phi) is 23.7. The van der Waals surface area contributed by atoms with Crippen LogP contribution in [0.5, 0.6) is 0 Å². The van der Waals surface area contributed by atoms with Gasteiger partial charge in [0.25, 0.3) is 11.8 Å². The Hall–Kier alpha value is -4.33. The summed E-state index contributed by atoms with van der Waals surface area (Å²) in [7, 11) is 5.52. The number of cyclic esters (lactones) is 1. The molecular formula is C57H84N8O7S5. The molecule has 6 bridgehead atoms. The molecule has 2 aromatic heterocycles. The molecule has 4 aliphatic rings. The quantitative estimate of drug-likeness (QED) is 0.131. The molecule has 8 rings (SSSR count). The number of carbonyl (C=O) groups is 5. The van der Waals surface area contributed by atoms with Crippen LogP contribution in [0.4, 0.5) is 0 Å². The molecule has 3 fully saturated rings. The Morgan fingerprint density at radius 3 is 2.34 bits per heavy atom. The highest BCUT2D eigenvalue weighted by atomic mass is 32.1. The fraction of sp³-hybridized carbons (Fsp3) is 0.544. The molecule has 6 heterocycles. The van der Waals surface area contributed by atoms with Crippen molar-refractivity contribution in [3.63, 3.8) is 0 Å². The molecule has 1 spiro atoms. The van der Waals surface area contributed by atoms with E-state index in [-0.39, 0.29) is 117 Å². The molecule has 0 radical (unpaired) electrons. The fourth-order valence-electron chi connectivity index (χ4n) is 11.0. The van der Waals surface area contributed by atoms with Gasteiger partial charge < -0.3 is 29.2 Å². The van der Waals surface area contributed by atoms with Gasteiger partial charge in [-0.15, -0.1) is 0 Å². The van der Waals surface area contributed by atoms with Crippen molar-refractivity contribution < 1.29 is 33.4 Å². The summed E-state index contributed by atoms with van der Waals surface area (Å²) in [6, 6.07) is 16.0. The molecule has 15 nitrogen and oxygen atoms in total. The number of rotatable bonds is 9. The Labute approximate surface area is 491 Å². The minimum absolute atomic E-state index is 0. The van der Waals surface area contributed by atoms with E-state index in [1.165, 1.54) is 5.01 Å². The molecule has 4 aromatic rings. The van der Waals surface area contributed by atoms with Crippen molar-refractivity contribution >= 4 is 108 Å². The van der Waals surface area contributed by atoms with Gasteiger partial charge in [-0.1, -0.05) is 63.9 Å². The lowest BCUT2D eigenvalue weighted by molar-refractivity contribution is -0.155. The first-order chi connectivity index (χ1) is 34.2. The Morgan fingerprint density at radius 2 is 1.66 bits per heavy atom. The van der Waals surface area contributed by atoms with Gasteiger partial charge in [0.2, 0.25) is 11.8 Å². The van der Waals surface area contributed by atoms with E-state index in [2.05, 4.69) is 84.3 Å². The summed E-state index contributed by atoms with van der Waals surface area (Å²) < 4.78 is 14.3. The van der Waals surface area contributed by atoms with Crippen LogP contribution in [-0.4, -0.2) is 137 Å². The Balaban J connectivity index is 0.00000312. The molecule has 0 unspecified atom stereocenters. The molecule has 4 amide bonds. The number of esters is 1. The summed E-state index contributed by atoms with van der Waals surface area (Å²) in [5.41, 5.74) is 9.19. The number of methoxy groups -OCH3 is 1. The number of hydrogen-bond donors (Lipinski definition) is 2. The standard InChI is InChI=1S/C57H74N8O7.5H2S/c1-12-63-46-21-20-40-32-42(46)43(50(63)41-18-14-26-58-48(41)37(4)71-11)33-55(5,6)35-72-53(69)44-19-15-27-65(60-44)52(68)45(31-38-16-13-17-39(40)30-38)59-51(67)49(36(2)3)64-29-25-57(54(64)70)24-28-62(34-57)47(66)22-23-56(7,8)61(9)10;;;;;/h13-14,16-18,20-21,26,30,32,36-37,44-45,49,60H,12,15,19,24-25,27-29,31,33-35H2,1-11H3,(H,59,67);5*1H2/t37-,44-,45-,49-,57-;;;;;/m0...../s1. The maximum Gasteiger partial charge on any atom is 0.324 e. The van der Waals surface area contributed by atoms with E-state index in [0.29, 0.717) is 58.3 Å². The number of pyridine rings is 1. The fourth-order valence-corrected chi connectivity index (χ4v) is 11.0. The second-order valence-electron chi connectivity index (χ2n) is 22.2. The van der Waals surface area contributed by atoms with Crippen LogP contribution in [0.15, 0.2) is 60.8 Å². The number of hydrogen-bond acceptors (Lipinski definition) is 10. The number of nitrogens with zero attached hydrogens (tertiary/aromatic N) is 6. The number of ether oxygens (including phenoxy) is 2. The third-order valence-corrected chi connectivity index (χ3v) is 15.6. The molecule has 3 saturated heterocycles. The first kappa shape index (κ1) is 66.9. The molecular weight excluding hydrogens is 1070 g/mol. The molecule has 20 heteroatoms. The van der Waals surface area contributed by atoms with Crippen LogP contribution in [0.1, 0.15) is 104 Å². The molecule has 5 atom stereocenters. The number of aromatic nitrogens is 2. The molecule has 77 heavy (non-hydrogen) atoms. The van der Waals surface area contributed by atoms with Crippen molar-refractivity contribution in [2.24, 2.45) is 16.7 Å². The van der Waals surface area contributed by atoms with Crippen molar-refractivity contribution in [3.8, 4) is 34.2 Å². The lowest BCUT2D eigenvalue weighted by atomic mass is 9.84. The zero-order valence-electron chi connectivity index (χ0n) is 46.7. The van der Waals surface area contributed by atoms with E-state index in [9.17, 15) is 24.0 Å². The first-order valence-corrected chi connectivity index (χ1v) is 25.7. The number of amides is 4. The zero-order chi connectivity index (χ0) is 51.9. The van der Waals surface area contributed by atoms with E-state index >= 15 is 0 Å². The minimum atomic E-state index is -1.05. The maximum absolute atomic E-state index is 14.9. The normalized spacial score (nSPS) is 21.1. The molecule has 0 saturated carbocycles. The third-order valence-electron chi connectivity index (χ3n) is 15.6. The average molecular weight is 1150 g/mol. The Bertz CT molecular complexity index is 2830. The summed E-state index contributed by atoms with van der Waals surface area (Å²) in [5.74, 6) is 3.84. The van der Waals surface area contributed by atoms with Crippen molar-refractivity contribution in [1.29, 1.82) is 0 Å². The second kappa shape index (κ2) is 27.2. The van der Waals surface area contributed by atoms with Gasteiger partial charge in [-0.05, 0) is 132 Å². The number of benzene rings is 2. The molecule has 4 aliphatic heterocycles. The molecule has 2 N–H and O–H groups in total. The van der Waals surface area contributed by atoms with E-state index < -0.39 is 46.4 Å². The summed E-state index contributed by atoms with van der Waals surface area (Å²) in [6.45, 7) is 18.2. The van der Waals surface area contributed by atoms with E-state index in [0.717, 1.165) is 50.1 Å². The summed E-state index contributed by atoms with van der Waals surface area (Å²) in [6.07, 6.45) is 4.28. The van der Waals surface area contributed by atoms with Gasteiger partial charge in [-0.25, -0.2) is 5.43 Å². The molecule has 424 valence electrons. The number of fused-ring (bicyclic) bond motifs is 6. The highest BCUT2D eigenvalue weighted by Gasteiger charge is 2.54. The largest absolute Gasteiger partial charge is 0.464 e. The SMILES string of the molecule is CCn1c(-c2cccnc2[C@H](C)OC)c2c3cc(ccc31)-c1cccc(c1)C[C@H](NC(=O)[C@H](C(C)C)N1CC[C@]3(CCN(C(=O)C#CC(C)(C)N(C)C)C3)C1=O)C(=O)N1CCC[C@H](N1)C(=O)OCC(C)(C)C2.S.S.S.S.S. The topological polar surface area (TPSA) is 159 Å². The van der Waals surface area contributed by atoms with Crippen molar-refractivity contribution in [3.05, 3.63) is 77.6 Å². The summed E-state index contributed by atoms with van der Waals surface area (Å²) >= 11 is 0. The number of carbonyl (C=O) groups excluding carboxylic acids is 5. The minimum Gasteiger partial charge on any atom is -0.464 e. The Morgan fingerprint density at radius 1 is 0.961 bits per heavy atom. The van der Waals surface area contributed by atoms with Gasteiger partial charge in [-0.2, -0.15) is 67.5 Å². The van der Waals surface area contributed by atoms with E-state index in [4.69, 9.17) is 14.5 Å². The van der Waals surface area contributed by atoms with Crippen molar-refractivity contribution in [2.75, 3.05) is 54.0 Å². The lowest BCUT2D eigenvalue weighted by Crippen LogP contribution is -2.62. The van der Waals surface area contributed by atoms with Crippen LogP contribution in [0.25, 0.3) is 33.3 Å². The van der Waals surface area contributed by atoms with Crippen LogP contribution >= 0.6 is 67.5 Å². The van der Waals surface area contributed by atoms with Gasteiger partial charge in [-0.3, -0.25) is 38.9 Å². The third kappa shape index (κ3) is 14.0. The number of aryl methyl sites for hydroxylation is 1. The zero-order valence-corrected chi connectivity index (χ0v) is 51.7. The summed E-state index contributed by atoms with van der Waals surface area (Å²) in [4.78, 5) is 81.7. The first-order valence-electron chi connectivity index (χ1n) is 25.7. The van der Waals surface area contributed by atoms with Crippen LogP contribution in [0.2, 0.25) is 0 Å². The van der Waals surface area contributed by atoms with Gasteiger partial charge >= 0.3 is 5.97 Å². The monoisotopic (exact) mass is 1150 g/mol. The van der Waals surface area contributed by atoms with E-state index in [1.807, 2.05) is 71.8 Å². The number of hydrazine groups is 1. The second-order valence-corrected chi connectivity index (χ2v) is 22.2. The number of nitrogens with one attached hydrogen (secondary N) is 2.